The first-order valence-corrected chi connectivity index (χ1v) is 9.52. The third-order valence-corrected chi connectivity index (χ3v) is 5.41. The number of phosphoric acid groups is 1. The van der Waals surface area contributed by atoms with Gasteiger partial charge in [0.1, 0.15) is 17.7 Å². The molecule has 5 unspecified atom stereocenters. The molecule has 1 aliphatic carbocycles. The Bertz CT molecular complexity index is 705. The molecule has 11 heteroatoms. The Morgan fingerprint density at radius 2 is 1.96 bits per heavy atom. The molecule has 0 bridgehead atoms. The van der Waals surface area contributed by atoms with Gasteiger partial charge in [0.15, 0.2) is 0 Å². The number of fused-ring (bicyclic) bond motifs is 1. The van der Waals surface area contributed by atoms with Crippen LogP contribution >= 0.6 is 7.82 Å². The van der Waals surface area contributed by atoms with Crippen molar-refractivity contribution in [2.45, 2.75) is 43.6 Å². The van der Waals surface area contributed by atoms with Crippen molar-refractivity contribution in [3.63, 3.8) is 0 Å². The van der Waals surface area contributed by atoms with E-state index in [9.17, 15) is 23.5 Å². The molecule has 138 valence electrons. The second kappa shape index (κ2) is 10.8. The molecule has 1 aliphatic heterocycles. The Morgan fingerprint density at radius 3 is 2.56 bits per heavy atom. The van der Waals surface area contributed by atoms with Crippen LogP contribution in [0.4, 0.5) is 4.39 Å². The normalized spacial score (nSPS) is 30.7. The van der Waals surface area contributed by atoms with E-state index >= 15 is 0 Å². The predicted octanol–water partition coefficient (Wildman–Crippen LogP) is -5.56. The number of piperidine rings is 1. The Kier molecular flexibility index (Phi) is 10.3. The van der Waals surface area contributed by atoms with Gasteiger partial charge in [-0.05, 0) is 30.5 Å². The van der Waals surface area contributed by atoms with Crippen molar-refractivity contribution in [2.24, 2.45) is 5.92 Å². The van der Waals surface area contributed by atoms with Crippen molar-refractivity contribution >= 4 is 13.6 Å². The largest absolute Gasteiger partial charge is 1.00 e. The fraction of sp³-hybridized carbons (Fsp3) is 0.562. The van der Waals surface area contributed by atoms with Crippen LogP contribution in [-0.4, -0.2) is 31.1 Å². The van der Waals surface area contributed by atoms with Crippen LogP contribution in [0, 0.1) is 11.7 Å². The number of hydrogen-bond acceptors (Lipinski definition) is 7. The predicted molar refractivity (Wildman–Crippen MR) is 81.7 cm³/mol. The van der Waals surface area contributed by atoms with Gasteiger partial charge in [-0.2, -0.15) is 0 Å². The molecule has 2 fully saturated rings. The Labute approximate surface area is 201 Å². The molecule has 1 aromatic carbocycles. The first kappa shape index (κ1) is 25.9. The monoisotopic (exact) mass is 417 g/mol. The molecule has 1 aromatic rings. The fourth-order valence-electron chi connectivity index (χ4n) is 3.87. The van der Waals surface area contributed by atoms with Gasteiger partial charge in [-0.1, -0.05) is 12.1 Å². The average Bonchev–Trinajstić information content (AvgIpc) is 2.53. The number of Topliss-reactive ketones (excluding diaryl/α,β-unsaturated/α-hetero) is 1. The summed E-state index contributed by atoms with van der Waals surface area (Å²) in [6.45, 7) is 0. The molecular weight excluding hydrogens is 398 g/mol. The molecule has 5 atom stereocenters. The maximum absolute atomic E-state index is 13.4. The van der Waals surface area contributed by atoms with Crippen LogP contribution in [0.15, 0.2) is 24.3 Å². The minimum absolute atomic E-state index is 0. The molecule has 1 N–H and O–H groups in total. The van der Waals surface area contributed by atoms with Crippen LogP contribution < -0.4 is 74.2 Å². The number of carbonyl (C=O) groups excluding carboxylic acids is 1. The summed E-state index contributed by atoms with van der Waals surface area (Å²) >= 11 is 0. The number of ketones is 1. The standard InChI is InChI=1S/C16H21FNO6P.2Na/c1-23-14-6-5-11-15(16(14)24-25(20,21)22)13(19)8-12(18-11)9-3-2-4-10(17)7-9;;/h2-4,7,11-12,14-16,18H,5-6,8H2,1H3,(H2,20,21,22);;/q;2*+1/p-2. The van der Waals surface area contributed by atoms with Crippen LogP contribution in [0.1, 0.15) is 30.9 Å². The van der Waals surface area contributed by atoms with Gasteiger partial charge in [-0.15, -0.1) is 0 Å². The molecular formula is C16H19FNNa2O6P. The van der Waals surface area contributed by atoms with Crippen molar-refractivity contribution in [3.05, 3.63) is 35.6 Å². The summed E-state index contributed by atoms with van der Waals surface area (Å²) in [7, 11) is -3.88. The van der Waals surface area contributed by atoms with Gasteiger partial charge < -0.3 is 28.9 Å². The third kappa shape index (κ3) is 6.41. The minimum Gasteiger partial charge on any atom is -0.790 e. The van der Waals surface area contributed by atoms with E-state index in [2.05, 4.69) is 9.84 Å². The zero-order valence-corrected chi connectivity index (χ0v) is 20.5. The number of methoxy groups -OCH3 is 1. The van der Waals surface area contributed by atoms with E-state index in [0.717, 1.165) is 0 Å². The Morgan fingerprint density at radius 1 is 1.26 bits per heavy atom. The average molecular weight is 417 g/mol. The summed E-state index contributed by atoms with van der Waals surface area (Å²) in [5.41, 5.74) is 0.649. The first-order valence-electron chi connectivity index (χ1n) is 8.06. The number of rotatable bonds is 4. The Balaban J connectivity index is 0.00000182. The Hall–Kier alpha value is 0.850. The van der Waals surface area contributed by atoms with Gasteiger partial charge in [0.2, 0.25) is 0 Å². The molecule has 3 rings (SSSR count). The maximum Gasteiger partial charge on any atom is 1.00 e. The van der Waals surface area contributed by atoms with E-state index in [0.29, 0.717) is 18.4 Å². The SMILES string of the molecule is COC1CCC2NC(c3cccc(F)c3)CC(=O)C2C1OP(=O)([O-])[O-].[Na+].[Na+]. The third-order valence-electron chi connectivity index (χ3n) is 4.91. The summed E-state index contributed by atoms with van der Waals surface area (Å²) in [5, 5.41) is 3.27. The number of hydrogen-bond donors (Lipinski definition) is 1. The topological polar surface area (TPSA) is 111 Å². The van der Waals surface area contributed by atoms with Crippen LogP contribution in [-0.2, 0) is 18.6 Å². The quantitative estimate of drug-likeness (QED) is 0.384. The second-order valence-electron chi connectivity index (χ2n) is 6.45. The number of halogens is 1. The second-order valence-corrected chi connectivity index (χ2v) is 7.55. The molecule has 0 aromatic heterocycles. The van der Waals surface area contributed by atoms with Crippen molar-refractivity contribution in [1.29, 1.82) is 0 Å². The van der Waals surface area contributed by atoms with E-state index in [-0.39, 0.29) is 83.4 Å². The van der Waals surface area contributed by atoms with E-state index in [4.69, 9.17) is 4.74 Å². The van der Waals surface area contributed by atoms with Gasteiger partial charge >= 0.3 is 59.1 Å². The molecule has 27 heavy (non-hydrogen) atoms. The molecule has 0 spiro atoms. The van der Waals surface area contributed by atoms with Crippen molar-refractivity contribution in [2.75, 3.05) is 7.11 Å². The molecule has 7 nitrogen and oxygen atoms in total. The van der Waals surface area contributed by atoms with Crippen LogP contribution in [0.3, 0.4) is 0 Å². The first-order chi connectivity index (χ1) is 11.8. The van der Waals surface area contributed by atoms with E-state index in [1.807, 2.05) is 0 Å². The van der Waals surface area contributed by atoms with Gasteiger partial charge in [-0.25, -0.2) is 4.39 Å². The number of nitrogens with one attached hydrogen (secondary N) is 1. The summed E-state index contributed by atoms with van der Waals surface area (Å²) in [6, 6.07) is 5.26. The number of carbonyl (C=O) groups is 1. The molecule has 1 saturated heterocycles. The van der Waals surface area contributed by atoms with E-state index < -0.39 is 31.8 Å². The zero-order valence-electron chi connectivity index (χ0n) is 15.6. The smallest absolute Gasteiger partial charge is 0.790 e. The summed E-state index contributed by atoms with van der Waals surface area (Å²) in [4.78, 5) is 34.9. The molecule has 2 aliphatic rings. The van der Waals surface area contributed by atoms with E-state index in [1.165, 1.54) is 19.2 Å². The summed E-state index contributed by atoms with van der Waals surface area (Å²) in [5.74, 6) is -1.41. The van der Waals surface area contributed by atoms with Gasteiger partial charge in [0, 0.05) is 25.6 Å². The summed E-state index contributed by atoms with van der Waals surface area (Å²) in [6.07, 6.45) is -0.726. The maximum atomic E-state index is 13.4. The van der Waals surface area contributed by atoms with Crippen LogP contribution in [0.2, 0.25) is 0 Å². The van der Waals surface area contributed by atoms with Crippen molar-refractivity contribution in [1.82, 2.24) is 5.32 Å². The molecule has 0 amide bonds. The van der Waals surface area contributed by atoms with Gasteiger partial charge in [0.05, 0.1) is 19.8 Å². The van der Waals surface area contributed by atoms with Crippen molar-refractivity contribution < 1.29 is 91.9 Å². The minimum atomic E-state index is -5.26. The fourth-order valence-corrected chi connectivity index (χ4v) is 4.43. The molecule has 1 saturated carbocycles. The van der Waals surface area contributed by atoms with E-state index in [1.54, 1.807) is 12.1 Å². The van der Waals surface area contributed by atoms with Gasteiger partial charge in [0.25, 0.3) is 0 Å². The number of benzene rings is 1. The molecule has 1 heterocycles. The van der Waals surface area contributed by atoms with Crippen LogP contribution in [0.5, 0.6) is 0 Å². The summed E-state index contributed by atoms with van der Waals surface area (Å²) < 4.78 is 34.4. The van der Waals surface area contributed by atoms with Gasteiger partial charge in [-0.3, -0.25) is 4.79 Å². The number of phosphoric ester groups is 1. The van der Waals surface area contributed by atoms with Crippen LogP contribution in [0.25, 0.3) is 0 Å². The molecule has 0 radical (unpaired) electrons. The van der Waals surface area contributed by atoms with Crippen molar-refractivity contribution in [3.8, 4) is 0 Å². The zero-order chi connectivity index (χ0) is 18.2. The number of ether oxygens (including phenoxy) is 1.